The molecule has 0 aliphatic heterocycles. The molecule has 1 amide bonds. The zero-order valence-corrected chi connectivity index (χ0v) is 16.3. The lowest BCUT2D eigenvalue weighted by molar-refractivity contribution is -0.123. The highest BCUT2D eigenvalue weighted by Gasteiger charge is 2.18. The maximum atomic E-state index is 12.2. The minimum atomic E-state index is -0.301. The molecule has 0 atom stereocenters. The summed E-state index contributed by atoms with van der Waals surface area (Å²) in [5.74, 6) is 0.493. The molecular formula is C19H21Cl2N3O3. The van der Waals surface area contributed by atoms with Crippen LogP contribution in [-0.4, -0.2) is 28.6 Å². The average molecular weight is 410 g/mol. The first-order chi connectivity index (χ1) is 13.0. The van der Waals surface area contributed by atoms with E-state index in [0.29, 0.717) is 34.8 Å². The van der Waals surface area contributed by atoms with Crippen LogP contribution >= 0.6 is 23.2 Å². The lowest BCUT2D eigenvalue weighted by atomic mass is 10.0. The van der Waals surface area contributed by atoms with E-state index in [9.17, 15) is 9.59 Å². The largest absolute Gasteiger partial charge is 0.482 e. The maximum Gasteiger partial charge on any atom is 0.258 e. The van der Waals surface area contributed by atoms with E-state index in [1.165, 1.54) is 17.4 Å². The first kappa shape index (κ1) is 19.7. The van der Waals surface area contributed by atoms with Gasteiger partial charge in [0, 0.05) is 30.1 Å². The van der Waals surface area contributed by atoms with Crippen molar-refractivity contribution in [3.05, 3.63) is 56.7 Å². The van der Waals surface area contributed by atoms with Crippen LogP contribution in [0.5, 0.6) is 5.75 Å². The van der Waals surface area contributed by atoms with Gasteiger partial charge in [0.2, 0.25) is 0 Å². The van der Waals surface area contributed by atoms with E-state index >= 15 is 0 Å². The SMILES string of the molecule is O=C(COc1ccc(Cl)cc1Cl)NCCn1cnc(C2CCCC2)cc1=O. The molecule has 0 saturated heterocycles. The Morgan fingerprint density at radius 1 is 1.26 bits per heavy atom. The molecule has 1 aromatic carbocycles. The number of aromatic nitrogens is 2. The number of halogens is 2. The number of rotatable bonds is 7. The van der Waals surface area contributed by atoms with Crippen molar-refractivity contribution in [1.29, 1.82) is 0 Å². The third kappa shape index (κ3) is 5.47. The standard InChI is InChI=1S/C19H21Cl2N3O3/c20-14-5-6-17(15(21)9-14)27-11-18(25)22-7-8-24-12-23-16(10-19(24)26)13-3-1-2-4-13/h5-6,9-10,12-13H,1-4,7-8,11H2,(H,22,25). The highest BCUT2D eigenvalue weighted by molar-refractivity contribution is 6.35. The zero-order chi connectivity index (χ0) is 19.2. The third-order valence-corrected chi connectivity index (χ3v) is 5.13. The molecule has 1 heterocycles. The van der Waals surface area contributed by atoms with Gasteiger partial charge in [-0.25, -0.2) is 4.98 Å². The molecule has 6 nitrogen and oxygen atoms in total. The van der Waals surface area contributed by atoms with Crippen LogP contribution in [0.1, 0.15) is 37.3 Å². The molecule has 1 fully saturated rings. The Labute approximate surface area is 167 Å². The molecule has 3 rings (SSSR count). The molecule has 1 aromatic heterocycles. The molecule has 8 heteroatoms. The van der Waals surface area contributed by atoms with Crippen molar-refractivity contribution < 1.29 is 9.53 Å². The minimum Gasteiger partial charge on any atom is -0.482 e. The fraction of sp³-hybridized carbons (Fsp3) is 0.421. The number of nitrogens with zero attached hydrogens (tertiary/aromatic N) is 2. The predicted molar refractivity (Wildman–Crippen MR) is 105 cm³/mol. The molecule has 2 aromatic rings. The summed E-state index contributed by atoms with van der Waals surface area (Å²) in [6, 6.07) is 6.40. The first-order valence-electron chi connectivity index (χ1n) is 8.94. The van der Waals surface area contributed by atoms with Crippen LogP contribution in [0.4, 0.5) is 0 Å². The van der Waals surface area contributed by atoms with Crippen molar-refractivity contribution in [1.82, 2.24) is 14.9 Å². The maximum absolute atomic E-state index is 12.2. The van der Waals surface area contributed by atoms with Gasteiger partial charge in [-0.05, 0) is 31.0 Å². The van der Waals surface area contributed by atoms with Crippen LogP contribution in [0, 0.1) is 0 Å². The molecule has 1 aliphatic rings. The summed E-state index contributed by atoms with van der Waals surface area (Å²) in [7, 11) is 0. The second-order valence-electron chi connectivity index (χ2n) is 6.54. The molecule has 0 spiro atoms. The minimum absolute atomic E-state index is 0.0923. The van der Waals surface area contributed by atoms with Gasteiger partial charge in [-0.15, -0.1) is 0 Å². The van der Waals surface area contributed by atoms with Crippen LogP contribution in [0.15, 0.2) is 35.4 Å². The summed E-state index contributed by atoms with van der Waals surface area (Å²) in [5, 5.41) is 3.55. The summed E-state index contributed by atoms with van der Waals surface area (Å²) in [6.45, 7) is 0.486. The van der Waals surface area contributed by atoms with E-state index < -0.39 is 0 Å². The Balaban J connectivity index is 1.45. The molecule has 1 N–H and O–H groups in total. The van der Waals surface area contributed by atoms with E-state index in [1.54, 1.807) is 30.6 Å². The predicted octanol–water partition coefficient (Wildman–Crippen LogP) is 3.40. The lowest BCUT2D eigenvalue weighted by Crippen LogP contribution is -2.34. The van der Waals surface area contributed by atoms with Crippen molar-refractivity contribution >= 4 is 29.1 Å². The normalized spacial score (nSPS) is 14.3. The van der Waals surface area contributed by atoms with Crippen LogP contribution < -0.4 is 15.6 Å². The van der Waals surface area contributed by atoms with E-state index in [0.717, 1.165) is 18.5 Å². The van der Waals surface area contributed by atoms with Crippen molar-refractivity contribution in [2.75, 3.05) is 13.2 Å². The molecule has 1 saturated carbocycles. The van der Waals surface area contributed by atoms with Gasteiger partial charge in [-0.1, -0.05) is 36.0 Å². The Hall–Kier alpha value is -2.05. The van der Waals surface area contributed by atoms with E-state index in [4.69, 9.17) is 27.9 Å². The molecule has 0 bridgehead atoms. The topological polar surface area (TPSA) is 73.2 Å². The van der Waals surface area contributed by atoms with Gasteiger partial charge in [0.05, 0.1) is 17.0 Å². The van der Waals surface area contributed by atoms with Crippen LogP contribution in [0.2, 0.25) is 10.0 Å². The number of nitrogens with one attached hydrogen (secondary N) is 1. The second-order valence-corrected chi connectivity index (χ2v) is 7.38. The van der Waals surface area contributed by atoms with Gasteiger partial charge in [0.1, 0.15) is 5.75 Å². The molecule has 0 unspecified atom stereocenters. The van der Waals surface area contributed by atoms with Gasteiger partial charge in [0.15, 0.2) is 6.61 Å². The summed E-state index contributed by atoms with van der Waals surface area (Å²) >= 11 is 11.8. The second kappa shape index (κ2) is 9.24. The van der Waals surface area contributed by atoms with Crippen LogP contribution in [0.3, 0.4) is 0 Å². The number of hydrogen-bond donors (Lipinski definition) is 1. The van der Waals surface area contributed by atoms with E-state index in [2.05, 4.69) is 10.3 Å². The third-order valence-electron chi connectivity index (χ3n) is 4.60. The van der Waals surface area contributed by atoms with E-state index in [1.807, 2.05) is 0 Å². The van der Waals surface area contributed by atoms with Crippen LogP contribution in [0.25, 0.3) is 0 Å². The smallest absolute Gasteiger partial charge is 0.258 e. The van der Waals surface area contributed by atoms with Gasteiger partial charge in [-0.3, -0.25) is 14.2 Å². The van der Waals surface area contributed by atoms with Gasteiger partial charge >= 0.3 is 0 Å². The molecule has 1 aliphatic carbocycles. The summed E-state index contributed by atoms with van der Waals surface area (Å²) in [6.07, 6.45) is 6.16. The average Bonchev–Trinajstić information content (AvgIpc) is 3.17. The zero-order valence-electron chi connectivity index (χ0n) is 14.8. The molecule has 27 heavy (non-hydrogen) atoms. The van der Waals surface area contributed by atoms with Crippen LogP contribution in [-0.2, 0) is 11.3 Å². The van der Waals surface area contributed by atoms with Crippen molar-refractivity contribution in [2.24, 2.45) is 0 Å². The number of carbonyl (C=O) groups is 1. The van der Waals surface area contributed by atoms with Gasteiger partial charge in [-0.2, -0.15) is 0 Å². The quantitative estimate of drug-likeness (QED) is 0.760. The fourth-order valence-corrected chi connectivity index (χ4v) is 3.62. The van der Waals surface area contributed by atoms with Crippen molar-refractivity contribution in [2.45, 2.75) is 38.1 Å². The molecule has 144 valence electrons. The summed E-state index contributed by atoms with van der Waals surface area (Å²) in [4.78, 5) is 28.5. The van der Waals surface area contributed by atoms with Gasteiger partial charge < -0.3 is 10.1 Å². The highest BCUT2D eigenvalue weighted by Crippen LogP contribution is 2.32. The Bertz CT molecular complexity index is 864. The summed E-state index contributed by atoms with van der Waals surface area (Å²) in [5.41, 5.74) is 0.788. The number of hydrogen-bond acceptors (Lipinski definition) is 4. The molecule has 0 radical (unpaired) electrons. The highest BCUT2D eigenvalue weighted by atomic mass is 35.5. The van der Waals surface area contributed by atoms with E-state index in [-0.39, 0.29) is 18.1 Å². The van der Waals surface area contributed by atoms with Crippen molar-refractivity contribution in [3.8, 4) is 5.75 Å². The first-order valence-corrected chi connectivity index (χ1v) is 9.69. The summed E-state index contributed by atoms with van der Waals surface area (Å²) < 4.78 is 6.86. The van der Waals surface area contributed by atoms with Crippen molar-refractivity contribution in [3.63, 3.8) is 0 Å². The Kier molecular flexibility index (Phi) is 6.74. The Morgan fingerprint density at radius 3 is 2.74 bits per heavy atom. The number of ether oxygens (including phenoxy) is 1. The lowest BCUT2D eigenvalue weighted by Gasteiger charge is -2.11. The number of carbonyl (C=O) groups excluding carboxylic acids is 1. The number of amides is 1. The fourth-order valence-electron chi connectivity index (χ4n) is 3.16. The Morgan fingerprint density at radius 2 is 2.04 bits per heavy atom. The molecular weight excluding hydrogens is 389 g/mol. The van der Waals surface area contributed by atoms with Gasteiger partial charge in [0.25, 0.3) is 11.5 Å². The monoisotopic (exact) mass is 409 g/mol. The number of benzene rings is 1.